The highest BCUT2D eigenvalue weighted by Crippen LogP contribution is 2.32. The number of anilines is 1. The number of halogens is 2. The molecule has 1 fully saturated rings. The lowest BCUT2D eigenvalue weighted by molar-refractivity contribution is 0.0373. The molecule has 1 aliphatic rings. The van der Waals surface area contributed by atoms with Crippen LogP contribution >= 0.6 is 11.6 Å². The van der Waals surface area contributed by atoms with E-state index in [4.69, 9.17) is 16.3 Å². The molecular formula is C21H19ClFN3O2. The highest BCUT2D eigenvalue weighted by Gasteiger charge is 2.28. The first-order valence-corrected chi connectivity index (χ1v) is 9.37. The van der Waals surface area contributed by atoms with Crippen LogP contribution < -0.4 is 10.3 Å². The Morgan fingerprint density at radius 2 is 2.07 bits per heavy atom. The number of H-pyrrole nitrogens is 1. The molecule has 0 unspecified atom stereocenters. The topological polar surface area (TPSA) is 58.2 Å². The normalized spacial score (nSPS) is 17.0. The van der Waals surface area contributed by atoms with E-state index in [0.29, 0.717) is 47.4 Å². The van der Waals surface area contributed by atoms with Crippen molar-refractivity contribution in [3.8, 4) is 11.3 Å². The number of aromatic amines is 1. The molecule has 1 saturated heterocycles. The Morgan fingerprint density at radius 3 is 2.82 bits per heavy atom. The smallest absolute Gasteiger partial charge is 0.187 e. The number of rotatable bonds is 3. The van der Waals surface area contributed by atoms with Crippen LogP contribution in [0.5, 0.6) is 0 Å². The predicted octanol–water partition coefficient (Wildman–Crippen LogP) is 4.12. The molecule has 5 nitrogen and oxygen atoms in total. The third kappa shape index (κ3) is 3.53. The zero-order chi connectivity index (χ0) is 19.7. The number of hydrogen-bond donors (Lipinski definition) is 1. The van der Waals surface area contributed by atoms with Gasteiger partial charge in [0.05, 0.1) is 12.3 Å². The van der Waals surface area contributed by atoms with E-state index in [9.17, 15) is 9.18 Å². The quantitative estimate of drug-likeness (QED) is 0.719. The second-order valence-electron chi connectivity index (χ2n) is 6.70. The van der Waals surface area contributed by atoms with E-state index in [1.54, 1.807) is 37.5 Å². The minimum atomic E-state index is -0.519. The number of hydrogen-bond acceptors (Lipinski definition) is 4. The SMILES string of the molecule is Cc1c(N2CCO[C@@H](c3c(F)cccc3Cl)C2)[nH]c(-c2ccncc2)cc1=O. The predicted molar refractivity (Wildman–Crippen MR) is 107 cm³/mol. The number of benzene rings is 1. The van der Waals surface area contributed by atoms with E-state index >= 15 is 0 Å². The van der Waals surface area contributed by atoms with Crippen LogP contribution in [-0.4, -0.2) is 29.7 Å². The lowest BCUT2D eigenvalue weighted by atomic mass is 10.1. The van der Waals surface area contributed by atoms with E-state index in [2.05, 4.69) is 9.97 Å². The first-order valence-electron chi connectivity index (χ1n) is 8.99. The van der Waals surface area contributed by atoms with Crippen LogP contribution in [0.3, 0.4) is 0 Å². The van der Waals surface area contributed by atoms with Gasteiger partial charge < -0.3 is 14.6 Å². The average Bonchev–Trinajstić information content (AvgIpc) is 2.71. The number of nitrogens with zero attached hydrogens (tertiary/aromatic N) is 2. The fourth-order valence-corrected chi connectivity index (χ4v) is 3.75. The van der Waals surface area contributed by atoms with Gasteiger partial charge in [0.2, 0.25) is 0 Å². The summed E-state index contributed by atoms with van der Waals surface area (Å²) in [5.74, 6) is 0.315. The zero-order valence-electron chi connectivity index (χ0n) is 15.3. The maximum atomic E-state index is 14.3. The molecule has 1 atom stereocenters. The maximum Gasteiger partial charge on any atom is 0.187 e. The molecule has 0 saturated carbocycles. The Labute approximate surface area is 166 Å². The number of morpholine rings is 1. The standard InChI is InChI=1S/C21H19ClFN3O2/c1-13-18(27)11-17(14-5-7-24-8-6-14)25-21(13)26-9-10-28-19(12-26)20-15(22)3-2-4-16(20)23/h2-8,11,19H,9-10,12H2,1H3,(H,25,27)/t19-/m1/s1. The maximum absolute atomic E-state index is 14.3. The zero-order valence-corrected chi connectivity index (χ0v) is 16.0. The van der Waals surface area contributed by atoms with Crippen molar-refractivity contribution in [2.24, 2.45) is 0 Å². The van der Waals surface area contributed by atoms with Gasteiger partial charge in [-0.1, -0.05) is 17.7 Å². The molecule has 2 aromatic heterocycles. The molecule has 0 aliphatic carbocycles. The van der Waals surface area contributed by atoms with Crippen LogP contribution in [0.15, 0.2) is 53.6 Å². The minimum absolute atomic E-state index is 0.0625. The third-order valence-corrected chi connectivity index (χ3v) is 5.28. The van der Waals surface area contributed by atoms with Gasteiger partial charge in [0.15, 0.2) is 5.43 Å². The summed E-state index contributed by atoms with van der Waals surface area (Å²) >= 11 is 6.22. The van der Waals surface area contributed by atoms with Gasteiger partial charge in [0.25, 0.3) is 0 Å². The molecule has 3 aromatic rings. The minimum Gasteiger partial charge on any atom is -0.370 e. The Morgan fingerprint density at radius 1 is 1.29 bits per heavy atom. The van der Waals surface area contributed by atoms with Crippen molar-refractivity contribution in [2.75, 3.05) is 24.6 Å². The van der Waals surface area contributed by atoms with Crippen molar-refractivity contribution in [3.63, 3.8) is 0 Å². The van der Waals surface area contributed by atoms with E-state index in [1.165, 1.54) is 6.07 Å². The summed E-state index contributed by atoms with van der Waals surface area (Å²) in [6, 6.07) is 9.86. The van der Waals surface area contributed by atoms with Crippen molar-refractivity contribution in [1.29, 1.82) is 0 Å². The molecule has 4 rings (SSSR count). The summed E-state index contributed by atoms with van der Waals surface area (Å²) in [5, 5.41) is 0.336. The van der Waals surface area contributed by atoms with Gasteiger partial charge in [-0.05, 0) is 31.2 Å². The number of pyridine rings is 2. The summed E-state index contributed by atoms with van der Waals surface area (Å²) in [6.07, 6.45) is 2.84. The summed E-state index contributed by atoms with van der Waals surface area (Å²) in [7, 11) is 0. The van der Waals surface area contributed by atoms with Crippen LogP contribution in [-0.2, 0) is 4.74 Å². The summed E-state index contributed by atoms with van der Waals surface area (Å²) in [4.78, 5) is 21.9. The number of nitrogens with one attached hydrogen (secondary N) is 1. The molecule has 1 N–H and O–H groups in total. The van der Waals surface area contributed by atoms with Gasteiger partial charge in [-0.25, -0.2) is 4.39 Å². The van der Waals surface area contributed by atoms with E-state index in [0.717, 1.165) is 5.56 Å². The van der Waals surface area contributed by atoms with Gasteiger partial charge in [-0.2, -0.15) is 0 Å². The van der Waals surface area contributed by atoms with Gasteiger partial charge >= 0.3 is 0 Å². The molecule has 0 spiro atoms. The van der Waals surface area contributed by atoms with Crippen molar-refractivity contribution in [2.45, 2.75) is 13.0 Å². The van der Waals surface area contributed by atoms with E-state index < -0.39 is 11.9 Å². The van der Waals surface area contributed by atoms with Gasteiger partial charge in [0, 0.05) is 53.3 Å². The first-order chi connectivity index (χ1) is 13.5. The van der Waals surface area contributed by atoms with E-state index in [1.807, 2.05) is 17.0 Å². The van der Waals surface area contributed by atoms with Crippen LogP contribution in [0.2, 0.25) is 5.02 Å². The molecule has 0 radical (unpaired) electrons. The molecule has 28 heavy (non-hydrogen) atoms. The number of aromatic nitrogens is 2. The van der Waals surface area contributed by atoms with Crippen LogP contribution in [0, 0.1) is 12.7 Å². The first kappa shape index (κ1) is 18.7. The molecular weight excluding hydrogens is 381 g/mol. The molecule has 1 aromatic carbocycles. The molecule has 0 bridgehead atoms. The van der Waals surface area contributed by atoms with Crippen LogP contribution in [0.4, 0.5) is 10.2 Å². The highest BCUT2D eigenvalue weighted by atomic mass is 35.5. The monoisotopic (exact) mass is 399 g/mol. The van der Waals surface area contributed by atoms with Crippen LogP contribution in [0.25, 0.3) is 11.3 Å². The van der Waals surface area contributed by atoms with Crippen molar-refractivity contribution in [1.82, 2.24) is 9.97 Å². The Balaban J connectivity index is 1.71. The molecule has 144 valence electrons. The largest absolute Gasteiger partial charge is 0.370 e. The van der Waals surface area contributed by atoms with Crippen molar-refractivity contribution >= 4 is 17.4 Å². The lowest BCUT2D eigenvalue weighted by Crippen LogP contribution is -2.40. The third-order valence-electron chi connectivity index (χ3n) is 4.95. The van der Waals surface area contributed by atoms with E-state index in [-0.39, 0.29) is 5.43 Å². The highest BCUT2D eigenvalue weighted by molar-refractivity contribution is 6.31. The summed E-state index contributed by atoms with van der Waals surface area (Å²) in [6.45, 7) is 3.15. The van der Waals surface area contributed by atoms with Crippen molar-refractivity contribution in [3.05, 3.63) is 81.0 Å². The Kier molecular flexibility index (Phi) is 5.15. The average molecular weight is 400 g/mol. The fraction of sp³-hybridized carbons (Fsp3) is 0.238. The summed E-state index contributed by atoms with van der Waals surface area (Å²) < 4.78 is 20.1. The van der Waals surface area contributed by atoms with Crippen LogP contribution in [0.1, 0.15) is 17.2 Å². The molecule has 3 heterocycles. The molecule has 1 aliphatic heterocycles. The summed E-state index contributed by atoms with van der Waals surface area (Å²) in [5.41, 5.74) is 2.47. The van der Waals surface area contributed by atoms with Crippen molar-refractivity contribution < 1.29 is 9.13 Å². The Hall–Kier alpha value is -2.70. The second-order valence-corrected chi connectivity index (χ2v) is 7.10. The Bertz CT molecular complexity index is 1040. The fourth-order valence-electron chi connectivity index (χ4n) is 3.46. The molecule has 7 heteroatoms. The number of ether oxygens (including phenoxy) is 1. The van der Waals surface area contributed by atoms with Gasteiger partial charge in [-0.15, -0.1) is 0 Å². The second kappa shape index (κ2) is 7.73. The van der Waals surface area contributed by atoms with Gasteiger partial charge in [0.1, 0.15) is 17.7 Å². The van der Waals surface area contributed by atoms with Gasteiger partial charge in [-0.3, -0.25) is 9.78 Å². The lowest BCUT2D eigenvalue weighted by Gasteiger charge is -2.35. The molecule has 0 amide bonds.